The SMILES string of the molecule is COc1ccc(C2CCC(C)(C(=O)O)CC2)cc1. The van der Waals surface area contributed by atoms with Crippen LogP contribution in [0.2, 0.25) is 0 Å². The van der Waals surface area contributed by atoms with Crippen LogP contribution in [-0.2, 0) is 4.79 Å². The van der Waals surface area contributed by atoms with Crippen LogP contribution in [0.25, 0.3) is 0 Å². The first-order valence-electron chi connectivity index (χ1n) is 6.42. The molecule has 0 amide bonds. The van der Waals surface area contributed by atoms with Crippen LogP contribution in [-0.4, -0.2) is 18.2 Å². The van der Waals surface area contributed by atoms with Crippen LogP contribution in [0.1, 0.15) is 44.1 Å². The molecule has 0 aliphatic heterocycles. The van der Waals surface area contributed by atoms with Crippen LogP contribution in [0, 0.1) is 5.41 Å². The van der Waals surface area contributed by atoms with Crippen molar-refractivity contribution in [3.8, 4) is 5.75 Å². The van der Waals surface area contributed by atoms with Crippen LogP contribution in [0.15, 0.2) is 24.3 Å². The molecule has 0 bridgehead atoms. The Labute approximate surface area is 108 Å². The first-order chi connectivity index (χ1) is 8.55. The van der Waals surface area contributed by atoms with Crippen molar-refractivity contribution in [3.05, 3.63) is 29.8 Å². The standard InChI is InChI=1S/C15H20O3/c1-15(14(16)17)9-7-12(8-10-15)11-3-5-13(18-2)6-4-11/h3-6,12H,7-10H2,1-2H3,(H,16,17). The first-order valence-corrected chi connectivity index (χ1v) is 6.42. The van der Waals surface area contributed by atoms with Crippen molar-refractivity contribution in [2.75, 3.05) is 7.11 Å². The van der Waals surface area contributed by atoms with Crippen LogP contribution >= 0.6 is 0 Å². The van der Waals surface area contributed by atoms with Gasteiger partial charge in [-0.05, 0) is 56.2 Å². The average molecular weight is 248 g/mol. The van der Waals surface area contributed by atoms with Crippen molar-refractivity contribution in [2.24, 2.45) is 5.41 Å². The number of aliphatic carboxylic acids is 1. The van der Waals surface area contributed by atoms with Gasteiger partial charge in [0.05, 0.1) is 12.5 Å². The molecular formula is C15H20O3. The van der Waals surface area contributed by atoms with Crippen molar-refractivity contribution >= 4 is 5.97 Å². The highest BCUT2D eigenvalue weighted by molar-refractivity contribution is 5.74. The van der Waals surface area contributed by atoms with E-state index < -0.39 is 11.4 Å². The molecule has 0 saturated heterocycles. The van der Waals surface area contributed by atoms with Crippen LogP contribution in [0.3, 0.4) is 0 Å². The Morgan fingerprint density at radius 2 is 1.83 bits per heavy atom. The van der Waals surface area contributed by atoms with E-state index in [9.17, 15) is 9.90 Å². The van der Waals surface area contributed by atoms with Gasteiger partial charge in [-0.1, -0.05) is 12.1 Å². The normalized spacial score (nSPS) is 27.8. The van der Waals surface area contributed by atoms with E-state index in [1.807, 2.05) is 19.1 Å². The molecule has 1 aliphatic rings. The van der Waals surface area contributed by atoms with Gasteiger partial charge in [-0.2, -0.15) is 0 Å². The number of carboxylic acid groups (broad SMARTS) is 1. The summed E-state index contributed by atoms with van der Waals surface area (Å²) in [5.41, 5.74) is 0.770. The molecule has 1 saturated carbocycles. The monoisotopic (exact) mass is 248 g/mol. The molecule has 18 heavy (non-hydrogen) atoms. The van der Waals surface area contributed by atoms with E-state index in [0.29, 0.717) is 5.92 Å². The Bertz CT molecular complexity index is 414. The molecule has 1 aromatic carbocycles. The molecule has 1 N–H and O–H groups in total. The van der Waals surface area contributed by atoms with Crippen LogP contribution < -0.4 is 4.74 Å². The van der Waals surface area contributed by atoms with Gasteiger partial charge < -0.3 is 9.84 Å². The molecule has 0 unspecified atom stereocenters. The maximum atomic E-state index is 11.2. The number of carboxylic acids is 1. The minimum absolute atomic E-state index is 0.489. The lowest BCUT2D eigenvalue weighted by Crippen LogP contribution is -2.31. The summed E-state index contributed by atoms with van der Waals surface area (Å²) in [4.78, 5) is 11.2. The van der Waals surface area contributed by atoms with Gasteiger partial charge in [0.1, 0.15) is 5.75 Å². The van der Waals surface area contributed by atoms with E-state index in [1.165, 1.54) is 5.56 Å². The summed E-state index contributed by atoms with van der Waals surface area (Å²) in [6, 6.07) is 8.13. The van der Waals surface area contributed by atoms with Crippen molar-refractivity contribution in [3.63, 3.8) is 0 Å². The number of hydrogen-bond acceptors (Lipinski definition) is 2. The zero-order valence-corrected chi connectivity index (χ0v) is 11.0. The van der Waals surface area contributed by atoms with Crippen molar-refractivity contribution in [1.82, 2.24) is 0 Å². The topological polar surface area (TPSA) is 46.5 Å². The Morgan fingerprint density at radius 3 is 2.28 bits per heavy atom. The molecule has 0 heterocycles. The maximum Gasteiger partial charge on any atom is 0.309 e. The van der Waals surface area contributed by atoms with Gasteiger partial charge in [0.15, 0.2) is 0 Å². The third-order valence-corrected chi connectivity index (χ3v) is 4.19. The Hall–Kier alpha value is -1.51. The van der Waals surface area contributed by atoms with Gasteiger partial charge in [0.25, 0.3) is 0 Å². The Kier molecular flexibility index (Phi) is 3.60. The third kappa shape index (κ3) is 2.50. The van der Waals surface area contributed by atoms with E-state index in [0.717, 1.165) is 31.4 Å². The minimum atomic E-state index is -0.657. The highest BCUT2D eigenvalue weighted by atomic mass is 16.5. The zero-order valence-electron chi connectivity index (χ0n) is 11.0. The van der Waals surface area contributed by atoms with Gasteiger partial charge in [-0.15, -0.1) is 0 Å². The van der Waals surface area contributed by atoms with Crippen LogP contribution in [0.4, 0.5) is 0 Å². The molecule has 3 nitrogen and oxygen atoms in total. The lowest BCUT2D eigenvalue weighted by Gasteiger charge is -2.34. The summed E-state index contributed by atoms with van der Waals surface area (Å²) >= 11 is 0. The van der Waals surface area contributed by atoms with E-state index in [4.69, 9.17) is 4.74 Å². The molecule has 3 heteroatoms. The molecule has 1 aromatic rings. The number of rotatable bonds is 3. The van der Waals surface area contributed by atoms with Crippen molar-refractivity contribution in [2.45, 2.75) is 38.5 Å². The second-order valence-electron chi connectivity index (χ2n) is 5.41. The molecule has 0 spiro atoms. The number of benzene rings is 1. The number of carbonyl (C=O) groups is 1. The summed E-state index contributed by atoms with van der Waals surface area (Å²) in [6.07, 6.45) is 3.43. The van der Waals surface area contributed by atoms with E-state index in [-0.39, 0.29) is 0 Å². The van der Waals surface area contributed by atoms with Crippen molar-refractivity contribution in [1.29, 1.82) is 0 Å². The number of ether oxygens (including phenoxy) is 1. The molecule has 2 rings (SSSR count). The molecule has 0 aromatic heterocycles. The van der Waals surface area contributed by atoms with E-state index in [2.05, 4.69) is 12.1 Å². The van der Waals surface area contributed by atoms with Gasteiger partial charge in [0, 0.05) is 0 Å². The van der Waals surface area contributed by atoms with Gasteiger partial charge in [0.2, 0.25) is 0 Å². The van der Waals surface area contributed by atoms with Crippen LogP contribution in [0.5, 0.6) is 5.75 Å². The van der Waals surface area contributed by atoms with E-state index >= 15 is 0 Å². The maximum absolute atomic E-state index is 11.2. The van der Waals surface area contributed by atoms with Gasteiger partial charge >= 0.3 is 5.97 Å². The third-order valence-electron chi connectivity index (χ3n) is 4.19. The fourth-order valence-corrected chi connectivity index (χ4v) is 2.68. The molecule has 0 atom stereocenters. The van der Waals surface area contributed by atoms with Gasteiger partial charge in [-0.3, -0.25) is 4.79 Å². The van der Waals surface area contributed by atoms with Crippen molar-refractivity contribution < 1.29 is 14.6 Å². The summed E-state index contributed by atoms with van der Waals surface area (Å²) in [6.45, 7) is 1.86. The predicted molar refractivity (Wildman–Crippen MR) is 69.9 cm³/mol. The molecule has 1 fully saturated rings. The molecular weight excluding hydrogens is 228 g/mol. The molecule has 1 aliphatic carbocycles. The Morgan fingerprint density at radius 1 is 1.28 bits per heavy atom. The lowest BCUT2D eigenvalue weighted by atomic mass is 9.70. The average Bonchev–Trinajstić information content (AvgIpc) is 2.40. The first kappa shape index (κ1) is 12.9. The minimum Gasteiger partial charge on any atom is -0.497 e. The fraction of sp³-hybridized carbons (Fsp3) is 0.533. The number of methoxy groups -OCH3 is 1. The van der Waals surface area contributed by atoms with E-state index in [1.54, 1.807) is 7.11 Å². The Balaban J connectivity index is 2.03. The predicted octanol–water partition coefficient (Wildman–Crippen LogP) is 3.44. The molecule has 98 valence electrons. The second-order valence-corrected chi connectivity index (χ2v) is 5.41. The summed E-state index contributed by atoms with van der Waals surface area (Å²) in [7, 11) is 1.66. The summed E-state index contributed by atoms with van der Waals surface area (Å²) in [5, 5.41) is 9.21. The fourth-order valence-electron chi connectivity index (χ4n) is 2.68. The second kappa shape index (κ2) is 5.01. The highest BCUT2D eigenvalue weighted by Crippen LogP contribution is 2.43. The zero-order chi connectivity index (χ0) is 13.2. The highest BCUT2D eigenvalue weighted by Gasteiger charge is 2.37. The summed E-state index contributed by atoms with van der Waals surface area (Å²) < 4.78 is 5.14. The quantitative estimate of drug-likeness (QED) is 0.891. The largest absolute Gasteiger partial charge is 0.497 e. The molecule has 0 radical (unpaired) electrons. The van der Waals surface area contributed by atoms with Gasteiger partial charge in [-0.25, -0.2) is 0 Å². The summed E-state index contributed by atoms with van der Waals surface area (Å²) in [5.74, 6) is 0.698. The smallest absolute Gasteiger partial charge is 0.309 e. The lowest BCUT2D eigenvalue weighted by molar-refractivity contribution is -0.149. The number of hydrogen-bond donors (Lipinski definition) is 1.